The summed E-state index contributed by atoms with van der Waals surface area (Å²) >= 11 is 3.33. The topological polar surface area (TPSA) is 106 Å². The van der Waals surface area contributed by atoms with Gasteiger partial charge in [0.25, 0.3) is 11.8 Å². The van der Waals surface area contributed by atoms with Gasteiger partial charge >= 0.3 is 6.09 Å². The average Bonchev–Trinajstić information content (AvgIpc) is 2.64. The van der Waals surface area contributed by atoms with Crippen molar-refractivity contribution in [1.82, 2.24) is 10.9 Å². The molecule has 3 N–H and O–H groups in total. The number of ether oxygens (including phenoxy) is 2. The van der Waals surface area contributed by atoms with Crippen LogP contribution in [0.4, 0.5) is 10.5 Å². The molecule has 0 aromatic heterocycles. The summed E-state index contributed by atoms with van der Waals surface area (Å²) in [5.41, 5.74) is 4.81. The summed E-state index contributed by atoms with van der Waals surface area (Å²) in [5.74, 6) is -0.500. The second-order valence-corrected chi connectivity index (χ2v) is 8.28. The molecule has 0 heterocycles. The van der Waals surface area contributed by atoms with Crippen LogP contribution in [0.5, 0.6) is 5.75 Å². The summed E-state index contributed by atoms with van der Waals surface area (Å²) in [7, 11) is 0. The Bertz CT molecular complexity index is 910. The number of carbonyl (C=O) groups excluding carboxylic acids is 3. The Balaban J connectivity index is 1.84. The van der Waals surface area contributed by atoms with E-state index in [0.717, 1.165) is 4.47 Å². The van der Waals surface area contributed by atoms with E-state index in [4.69, 9.17) is 9.47 Å². The number of carbonyl (C=O) groups is 3. The van der Waals surface area contributed by atoms with Gasteiger partial charge < -0.3 is 9.47 Å². The highest BCUT2D eigenvalue weighted by Gasteiger charge is 2.17. The molecular formula is C21H24BrN3O5. The average molecular weight is 478 g/mol. The first-order chi connectivity index (χ1) is 14.0. The van der Waals surface area contributed by atoms with Gasteiger partial charge in [0.05, 0.1) is 0 Å². The molecular weight excluding hydrogens is 454 g/mol. The van der Waals surface area contributed by atoms with E-state index in [-0.39, 0.29) is 0 Å². The number of nitrogens with one attached hydrogen (secondary N) is 3. The number of rotatable bonds is 5. The van der Waals surface area contributed by atoms with Gasteiger partial charge in [0.15, 0.2) is 6.10 Å². The van der Waals surface area contributed by atoms with Gasteiger partial charge in [0, 0.05) is 15.7 Å². The van der Waals surface area contributed by atoms with E-state index in [1.54, 1.807) is 58.0 Å². The van der Waals surface area contributed by atoms with Crippen LogP contribution in [-0.2, 0) is 9.53 Å². The minimum Gasteiger partial charge on any atom is -0.481 e. The maximum absolute atomic E-state index is 12.2. The largest absolute Gasteiger partial charge is 0.481 e. The monoisotopic (exact) mass is 477 g/mol. The molecule has 0 aliphatic carbocycles. The smallest absolute Gasteiger partial charge is 0.412 e. The Kier molecular flexibility index (Phi) is 7.82. The lowest BCUT2D eigenvalue weighted by Gasteiger charge is -2.19. The first kappa shape index (κ1) is 23.2. The van der Waals surface area contributed by atoms with Gasteiger partial charge in [0.1, 0.15) is 11.4 Å². The predicted octanol–water partition coefficient (Wildman–Crippen LogP) is 4.02. The quantitative estimate of drug-likeness (QED) is 0.563. The summed E-state index contributed by atoms with van der Waals surface area (Å²) in [4.78, 5) is 36.1. The van der Waals surface area contributed by atoms with Gasteiger partial charge in [-0.15, -0.1) is 0 Å². The van der Waals surface area contributed by atoms with Crippen LogP contribution < -0.4 is 20.9 Å². The molecule has 0 spiro atoms. The van der Waals surface area contributed by atoms with Crippen molar-refractivity contribution in [3.05, 3.63) is 58.6 Å². The van der Waals surface area contributed by atoms with Gasteiger partial charge in [-0.1, -0.05) is 22.0 Å². The summed E-state index contributed by atoms with van der Waals surface area (Å²) in [5, 5.41) is 2.57. The normalized spacial score (nSPS) is 11.8. The van der Waals surface area contributed by atoms with Crippen LogP contribution in [0.1, 0.15) is 38.1 Å². The van der Waals surface area contributed by atoms with Crippen molar-refractivity contribution in [2.24, 2.45) is 0 Å². The molecule has 2 rings (SSSR count). The fourth-order valence-electron chi connectivity index (χ4n) is 2.22. The Hall–Kier alpha value is -3.07. The van der Waals surface area contributed by atoms with E-state index in [9.17, 15) is 14.4 Å². The van der Waals surface area contributed by atoms with Crippen LogP contribution in [0.25, 0.3) is 0 Å². The number of amides is 3. The van der Waals surface area contributed by atoms with Crippen LogP contribution >= 0.6 is 15.9 Å². The van der Waals surface area contributed by atoms with E-state index in [0.29, 0.717) is 17.0 Å². The van der Waals surface area contributed by atoms with E-state index >= 15 is 0 Å². The van der Waals surface area contributed by atoms with E-state index in [1.807, 2.05) is 6.07 Å². The van der Waals surface area contributed by atoms with Crippen LogP contribution in [0.2, 0.25) is 0 Å². The minimum atomic E-state index is -0.819. The molecule has 9 heteroatoms. The molecule has 2 aromatic carbocycles. The minimum absolute atomic E-state index is 0.297. The summed E-state index contributed by atoms with van der Waals surface area (Å²) in [6.07, 6.45) is -1.41. The lowest BCUT2D eigenvalue weighted by molar-refractivity contribution is -0.128. The second kappa shape index (κ2) is 10.1. The first-order valence-corrected chi connectivity index (χ1v) is 9.95. The summed E-state index contributed by atoms with van der Waals surface area (Å²) in [6.45, 7) is 6.86. The zero-order chi connectivity index (χ0) is 22.3. The lowest BCUT2D eigenvalue weighted by Crippen LogP contribution is -2.47. The molecule has 160 valence electrons. The van der Waals surface area contributed by atoms with Crippen LogP contribution in [0, 0.1) is 0 Å². The number of anilines is 1. The Labute approximate surface area is 183 Å². The molecule has 0 saturated heterocycles. The molecule has 0 saturated carbocycles. The Morgan fingerprint density at radius 1 is 1.00 bits per heavy atom. The van der Waals surface area contributed by atoms with Crippen molar-refractivity contribution in [3.8, 4) is 5.75 Å². The number of benzene rings is 2. The number of hydrazine groups is 1. The van der Waals surface area contributed by atoms with E-state index < -0.39 is 29.6 Å². The molecule has 30 heavy (non-hydrogen) atoms. The van der Waals surface area contributed by atoms with Crippen molar-refractivity contribution < 1.29 is 23.9 Å². The molecule has 0 fully saturated rings. The van der Waals surface area contributed by atoms with Crippen molar-refractivity contribution in [2.45, 2.75) is 39.4 Å². The molecule has 0 aliphatic heterocycles. The standard InChI is InChI=1S/C21H24BrN3O5/c1-13(29-17-7-5-6-15(22)12-17)18(26)24-25-19(27)14-8-10-16(11-9-14)23-20(28)30-21(2,3)4/h5-13H,1-4H3,(H,23,28)(H,24,26)(H,25,27). The highest BCUT2D eigenvalue weighted by atomic mass is 79.9. The summed E-state index contributed by atoms with van der Waals surface area (Å²) in [6, 6.07) is 13.2. The molecule has 1 atom stereocenters. The van der Waals surface area contributed by atoms with Crippen molar-refractivity contribution in [2.75, 3.05) is 5.32 Å². The molecule has 2 aromatic rings. The second-order valence-electron chi connectivity index (χ2n) is 7.37. The highest BCUT2D eigenvalue weighted by Crippen LogP contribution is 2.19. The van der Waals surface area contributed by atoms with Crippen molar-refractivity contribution in [3.63, 3.8) is 0 Å². The molecule has 0 aliphatic rings. The maximum Gasteiger partial charge on any atom is 0.412 e. The third-order valence-electron chi connectivity index (χ3n) is 3.57. The van der Waals surface area contributed by atoms with Gasteiger partial charge in [-0.3, -0.25) is 25.8 Å². The Morgan fingerprint density at radius 2 is 1.67 bits per heavy atom. The lowest BCUT2D eigenvalue weighted by atomic mass is 10.2. The van der Waals surface area contributed by atoms with Crippen LogP contribution in [-0.4, -0.2) is 29.6 Å². The zero-order valence-corrected chi connectivity index (χ0v) is 18.7. The number of halogens is 1. The third kappa shape index (κ3) is 7.75. The van der Waals surface area contributed by atoms with Crippen molar-refractivity contribution >= 4 is 39.5 Å². The third-order valence-corrected chi connectivity index (χ3v) is 4.06. The fraction of sp³-hybridized carbons (Fsp3) is 0.286. The molecule has 0 radical (unpaired) electrons. The number of hydrogen-bond donors (Lipinski definition) is 3. The molecule has 3 amide bonds. The SMILES string of the molecule is CC(Oc1cccc(Br)c1)C(=O)NNC(=O)c1ccc(NC(=O)OC(C)(C)C)cc1. The molecule has 8 nitrogen and oxygen atoms in total. The molecule has 1 unspecified atom stereocenters. The summed E-state index contributed by atoms with van der Waals surface area (Å²) < 4.78 is 11.5. The first-order valence-electron chi connectivity index (χ1n) is 9.16. The van der Waals surface area contributed by atoms with Crippen LogP contribution in [0.3, 0.4) is 0 Å². The predicted molar refractivity (Wildman–Crippen MR) is 116 cm³/mol. The van der Waals surface area contributed by atoms with Crippen LogP contribution in [0.15, 0.2) is 53.0 Å². The Morgan fingerprint density at radius 3 is 2.27 bits per heavy atom. The van der Waals surface area contributed by atoms with Gasteiger partial charge in [-0.2, -0.15) is 0 Å². The van der Waals surface area contributed by atoms with Crippen molar-refractivity contribution in [1.29, 1.82) is 0 Å². The van der Waals surface area contributed by atoms with E-state index in [1.165, 1.54) is 12.1 Å². The highest BCUT2D eigenvalue weighted by molar-refractivity contribution is 9.10. The number of hydrogen-bond acceptors (Lipinski definition) is 5. The van der Waals surface area contributed by atoms with Gasteiger partial charge in [0.2, 0.25) is 0 Å². The maximum atomic E-state index is 12.2. The van der Waals surface area contributed by atoms with Gasteiger partial charge in [-0.25, -0.2) is 4.79 Å². The zero-order valence-electron chi connectivity index (χ0n) is 17.1. The van der Waals surface area contributed by atoms with E-state index in [2.05, 4.69) is 32.1 Å². The van der Waals surface area contributed by atoms with Gasteiger partial charge in [-0.05, 0) is 70.2 Å². The fourth-order valence-corrected chi connectivity index (χ4v) is 2.59. The molecule has 0 bridgehead atoms.